The minimum atomic E-state index is -0.0441. The summed E-state index contributed by atoms with van der Waals surface area (Å²) >= 11 is 4.87. The van der Waals surface area contributed by atoms with Crippen molar-refractivity contribution in [2.24, 2.45) is 11.8 Å². The molecule has 2 radical (unpaired) electrons. The highest BCUT2D eigenvalue weighted by Gasteiger charge is 2.75. The van der Waals surface area contributed by atoms with Crippen molar-refractivity contribution >= 4 is 20.5 Å². The molecular formula is C12H22BNS. The molecule has 0 amide bonds. The molecule has 0 aromatic heterocycles. The Hall–Kier alpha value is 0.375. The zero-order valence-electron chi connectivity index (χ0n) is 10.5. The summed E-state index contributed by atoms with van der Waals surface area (Å²) in [4.78, 5) is 2.47. The van der Waals surface area contributed by atoms with Gasteiger partial charge in [0.15, 0.2) is 0 Å². The van der Waals surface area contributed by atoms with E-state index in [0.717, 1.165) is 13.1 Å². The van der Waals surface area contributed by atoms with Crippen molar-refractivity contribution in [1.29, 1.82) is 0 Å². The quantitative estimate of drug-likeness (QED) is 0.527. The topological polar surface area (TPSA) is 3.24 Å². The van der Waals surface area contributed by atoms with Crippen LogP contribution in [0.2, 0.25) is 5.31 Å². The van der Waals surface area contributed by atoms with Crippen molar-refractivity contribution in [2.75, 3.05) is 13.1 Å². The fourth-order valence-electron chi connectivity index (χ4n) is 3.41. The SMILES string of the molecule is [B][C@]12CN(C(C)(C)C)C[C@@]1(S)C2C(C)C. The Labute approximate surface area is 101 Å². The number of hydrogen-bond donors (Lipinski definition) is 1. The summed E-state index contributed by atoms with van der Waals surface area (Å²) < 4.78 is 0.0639. The third-order valence-corrected chi connectivity index (χ3v) is 5.13. The zero-order chi connectivity index (χ0) is 11.6. The number of thiol groups is 1. The third kappa shape index (κ3) is 1.42. The highest BCUT2D eigenvalue weighted by atomic mass is 32.1. The van der Waals surface area contributed by atoms with E-state index in [4.69, 9.17) is 20.5 Å². The summed E-state index contributed by atoms with van der Waals surface area (Å²) in [5.74, 6) is 1.24. The van der Waals surface area contributed by atoms with Crippen LogP contribution < -0.4 is 0 Å². The van der Waals surface area contributed by atoms with Crippen LogP contribution in [0.3, 0.4) is 0 Å². The zero-order valence-corrected chi connectivity index (χ0v) is 11.4. The molecule has 1 saturated carbocycles. The van der Waals surface area contributed by atoms with Crippen LogP contribution in [0, 0.1) is 11.8 Å². The number of fused-ring (bicyclic) bond motifs is 1. The van der Waals surface area contributed by atoms with Gasteiger partial charge in [-0.25, -0.2) is 0 Å². The monoisotopic (exact) mass is 223 g/mol. The molecular weight excluding hydrogens is 201 g/mol. The van der Waals surface area contributed by atoms with E-state index in [1.165, 1.54) is 0 Å². The van der Waals surface area contributed by atoms with Gasteiger partial charge in [-0.15, -0.1) is 0 Å². The predicted octanol–water partition coefficient (Wildman–Crippen LogP) is 2.38. The second-order valence-electron chi connectivity index (χ2n) is 6.71. The van der Waals surface area contributed by atoms with Crippen molar-refractivity contribution in [3.05, 3.63) is 0 Å². The molecule has 84 valence electrons. The molecule has 2 rings (SSSR count). The number of likely N-dealkylation sites (tertiary alicyclic amines) is 1. The van der Waals surface area contributed by atoms with Crippen LogP contribution in [0.15, 0.2) is 0 Å². The lowest BCUT2D eigenvalue weighted by Crippen LogP contribution is -2.43. The molecule has 0 N–H and O–H groups in total. The Balaban J connectivity index is 2.15. The Kier molecular flexibility index (Phi) is 2.35. The van der Waals surface area contributed by atoms with Crippen molar-refractivity contribution in [2.45, 2.75) is 50.2 Å². The first kappa shape index (κ1) is 11.8. The molecule has 0 spiro atoms. The summed E-state index contributed by atoms with van der Waals surface area (Å²) in [6.45, 7) is 13.3. The van der Waals surface area contributed by atoms with Gasteiger partial charge in [-0.05, 0) is 44.5 Å². The molecule has 1 aliphatic carbocycles. The molecule has 3 heteroatoms. The van der Waals surface area contributed by atoms with E-state index in [0.29, 0.717) is 11.8 Å². The summed E-state index contributed by atoms with van der Waals surface area (Å²) in [7, 11) is 6.50. The van der Waals surface area contributed by atoms with Crippen molar-refractivity contribution in [3.63, 3.8) is 0 Å². The molecule has 1 aliphatic heterocycles. The number of rotatable bonds is 1. The van der Waals surface area contributed by atoms with Gasteiger partial charge in [0, 0.05) is 16.8 Å². The minimum Gasteiger partial charge on any atom is -0.297 e. The third-order valence-electron chi connectivity index (χ3n) is 4.29. The van der Waals surface area contributed by atoms with Gasteiger partial charge in [0.05, 0.1) is 7.85 Å². The van der Waals surface area contributed by atoms with E-state index in [9.17, 15) is 0 Å². The van der Waals surface area contributed by atoms with E-state index in [-0.39, 0.29) is 15.6 Å². The average molecular weight is 223 g/mol. The molecule has 1 nitrogen and oxygen atoms in total. The standard InChI is InChI=1S/C12H22BNS/c1-8(2)9-11(13)6-14(10(3,4)5)7-12(9,11)15/h8-9,15H,6-7H2,1-5H3/t9?,11-,12+/m0/s1. The van der Waals surface area contributed by atoms with E-state index in [2.05, 4.69) is 39.5 Å². The molecule has 1 heterocycles. The van der Waals surface area contributed by atoms with E-state index in [1.54, 1.807) is 0 Å². The van der Waals surface area contributed by atoms with Crippen molar-refractivity contribution in [1.82, 2.24) is 4.90 Å². The summed E-state index contributed by atoms with van der Waals surface area (Å²) in [5.41, 5.74) is 0.219. The lowest BCUT2D eigenvalue weighted by Gasteiger charge is -2.36. The molecule has 2 fully saturated rings. The predicted molar refractivity (Wildman–Crippen MR) is 69.8 cm³/mol. The van der Waals surface area contributed by atoms with Gasteiger partial charge in [-0.1, -0.05) is 13.8 Å². The number of hydrogen-bond acceptors (Lipinski definition) is 2. The van der Waals surface area contributed by atoms with Crippen LogP contribution in [-0.2, 0) is 0 Å². The van der Waals surface area contributed by atoms with Gasteiger partial charge in [0.2, 0.25) is 0 Å². The number of piperidine rings is 1. The maximum absolute atomic E-state index is 6.50. The van der Waals surface area contributed by atoms with Gasteiger partial charge in [-0.2, -0.15) is 12.6 Å². The Morgan fingerprint density at radius 1 is 1.33 bits per heavy atom. The van der Waals surface area contributed by atoms with Gasteiger partial charge in [0.1, 0.15) is 0 Å². The smallest absolute Gasteiger partial charge is 0.0788 e. The molecule has 1 saturated heterocycles. The maximum Gasteiger partial charge on any atom is 0.0788 e. The molecule has 0 aromatic rings. The van der Waals surface area contributed by atoms with Crippen LogP contribution in [-0.4, -0.2) is 36.1 Å². The average Bonchev–Trinajstić information content (AvgIpc) is 2.30. The Morgan fingerprint density at radius 3 is 2.13 bits per heavy atom. The molecule has 0 bridgehead atoms. The molecule has 0 aromatic carbocycles. The van der Waals surface area contributed by atoms with Crippen LogP contribution in [0.25, 0.3) is 0 Å². The van der Waals surface area contributed by atoms with Crippen molar-refractivity contribution < 1.29 is 0 Å². The second-order valence-corrected chi connectivity index (χ2v) is 7.51. The highest BCUT2D eigenvalue weighted by molar-refractivity contribution is 7.82. The van der Waals surface area contributed by atoms with Crippen molar-refractivity contribution in [3.8, 4) is 0 Å². The van der Waals surface area contributed by atoms with Crippen LogP contribution in [0.5, 0.6) is 0 Å². The fourth-order valence-corrected chi connectivity index (χ4v) is 4.25. The highest BCUT2D eigenvalue weighted by Crippen LogP contribution is 2.76. The van der Waals surface area contributed by atoms with Gasteiger partial charge in [-0.3, -0.25) is 4.90 Å². The summed E-state index contributed by atoms with van der Waals surface area (Å²) in [6, 6.07) is 0. The van der Waals surface area contributed by atoms with E-state index in [1.807, 2.05) is 0 Å². The largest absolute Gasteiger partial charge is 0.297 e. The lowest BCUT2D eigenvalue weighted by atomic mass is 9.78. The van der Waals surface area contributed by atoms with Gasteiger partial charge >= 0.3 is 0 Å². The minimum absolute atomic E-state index is 0.0441. The lowest BCUT2D eigenvalue weighted by molar-refractivity contribution is 0.146. The van der Waals surface area contributed by atoms with E-state index >= 15 is 0 Å². The first-order chi connectivity index (χ1) is 6.63. The van der Waals surface area contributed by atoms with E-state index < -0.39 is 0 Å². The maximum atomic E-state index is 6.50. The van der Waals surface area contributed by atoms with Crippen LogP contribution in [0.4, 0.5) is 0 Å². The summed E-state index contributed by atoms with van der Waals surface area (Å²) in [6.07, 6.45) is 0. The normalized spacial score (nSPS) is 45.9. The molecule has 2 aliphatic rings. The van der Waals surface area contributed by atoms with Crippen LogP contribution >= 0.6 is 12.6 Å². The Bertz CT molecular complexity index is 268. The fraction of sp³-hybridized carbons (Fsp3) is 1.00. The first-order valence-corrected chi connectivity index (χ1v) is 6.34. The molecule has 1 unspecified atom stereocenters. The summed E-state index contributed by atoms with van der Waals surface area (Å²) in [5, 5.41) is -0.0441. The Morgan fingerprint density at radius 2 is 1.87 bits per heavy atom. The second kappa shape index (κ2) is 2.98. The van der Waals surface area contributed by atoms with Gasteiger partial charge < -0.3 is 0 Å². The van der Waals surface area contributed by atoms with Gasteiger partial charge in [0.25, 0.3) is 0 Å². The first-order valence-electron chi connectivity index (χ1n) is 5.89. The number of nitrogens with zero attached hydrogens (tertiary/aromatic N) is 1. The van der Waals surface area contributed by atoms with Crippen LogP contribution in [0.1, 0.15) is 34.6 Å². The molecule has 15 heavy (non-hydrogen) atoms. The molecule has 3 atom stereocenters.